The molecule has 0 saturated carbocycles. The molecule has 0 amide bonds. The molecule has 15 heavy (non-hydrogen) atoms. The molecule has 2 rings (SSSR count). The Kier molecular flexibility index (Phi) is 2.81. The SMILES string of the molecule is N#CC[C@@H]1COc2ccc(Cl)cc2[C@@H]1O. The maximum absolute atomic E-state index is 9.99. The van der Waals surface area contributed by atoms with Crippen molar-refractivity contribution in [2.75, 3.05) is 6.61 Å². The van der Waals surface area contributed by atoms with Gasteiger partial charge in [0.1, 0.15) is 5.75 Å². The van der Waals surface area contributed by atoms with Crippen molar-refractivity contribution in [1.29, 1.82) is 5.26 Å². The average molecular weight is 224 g/mol. The Morgan fingerprint density at radius 1 is 1.60 bits per heavy atom. The smallest absolute Gasteiger partial charge is 0.125 e. The Labute approximate surface area is 92.9 Å². The second kappa shape index (κ2) is 4.09. The number of hydrogen-bond acceptors (Lipinski definition) is 3. The standard InChI is InChI=1S/C11H10ClNO2/c12-8-1-2-10-9(5-8)11(14)7(3-4-13)6-15-10/h1-2,5,7,11,14H,3,6H2/t7-,11-/m1/s1. The average Bonchev–Trinajstić information content (AvgIpc) is 2.23. The summed E-state index contributed by atoms with van der Waals surface area (Å²) >= 11 is 5.84. The maximum Gasteiger partial charge on any atom is 0.125 e. The van der Waals surface area contributed by atoms with Gasteiger partial charge in [0.05, 0.1) is 18.8 Å². The van der Waals surface area contributed by atoms with Crippen molar-refractivity contribution in [3.05, 3.63) is 28.8 Å². The number of aliphatic hydroxyl groups is 1. The molecular weight excluding hydrogens is 214 g/mol. The number of nitriles is 1. The fourth-order valence-electron chi connectivity index (χ4n) is 1.71. The lowest BCUT2D eigenvalue weighted by Crippen LogP contribution is -2.25. The molecule has 0 spiro atoms. The minimum atomic E-state index is -0.660. The van der Waals surface area contributed by atoms with Gasteiger partial charge < -0.3 is 9.84 Å². The molecule has 4 heteroatoms. The summed E-state index contributed by atoms with van der Waals surface area (Å²) in [4.78, 5) is 0. The third-order valence-electron chi connectivity index (χ3n) is 2.54. The molecule has 78 valence electrons. The number of fused-ring (bicyclic) bond motifs is 1. The van der Waals surface area contributed by atoms with Crippen molar-refractivity contribution in [1.82, 2.24) is 0 Å². The predicted molar refractivity (Wildman–Crippen MR) is 55.6 cm³/mol. The number of ether oxygens (including phenoxy) is 1. The predicted octanol–water partition coefficient (Wildman–Crippen LogP) is 2.30. The van der Waals surface area contributed by atoms with E-state index in [0.717, 1.165) is 0 Å². The highest BCUT2D eigenvalue weighted by Crippen LogP contribution is 2.37. The summed E-state index contributed by atoms with van der Waals surface area (Å²) in [5, 5.41) is 19.1. The molecule has 3 nitrogen and oxygen atoms in total. The van der Waals surface area contributed by atoms with Crippen molar-refractivity contribution in [2.45, 2.75) is 12.5 Å². The van der Waals surface area contributed by atoms with E-state index in [1.54, 1.807) is 18.2 Å². The molecule has 1 heterocycles. The minimum Gasteiger partial charge on any atom is -0.493 e. The summed E-state index contributed by atoms with van der Waals surface area (Å²) in [7, 11) is 0. The lowest BCUT2D eigenvalue weighted by Gasteiger charge is -2.28. The number of rotatable bonds is 1. The molecule has 1 aliphatic rings. The molecule has 0 radical (unpaired) electrons. The summed E-state index contributed by atoms with van der Waals surface area (Å²) < 4.78 is 5.44. The van der Waals surface area contributed by atoms with Crippen LogP contribution in [0.2, 0.25) is 5.02 Å². The van der Waals surface area contributed by atoms with Crippen LogP contribution in [0.1, 0.15) is 18.1 Å². The van der Waals surface area contributed by atoms with Crippen molar-refractivity contribution >= 4 is 11.6 Å². The van der Waals surface area contributed by atoms with E-state index in [0.29, 0.717) is 22.9 Å². The summed E-state index contributed by atoms with van der Waals surface area (Å²) in [6.45, 7) is 0.378. The third-order valence-corrected chi connectivity index (χ3v) is 2.78. The first-order chi connectivity index (χ1) is 7.22. The second-order valence-electron chi connectivity index (χ2n) is 3.56. The largest absolute Gasteiger partial charge is 0.493 e. The lowest BCUT2D eigenvalue weighted by molar-refractivity contribution is 0.0531. The van der Waals surface area contributed by atoms with Gasteiger partial charge in [-0.1, -0.05) is 11.6 Å². The van der Waals surface area contributed by atoms with Crippen LogP contribution in [0.15, 0.2) is 18.2 Å². The third kappa shape index (κ3) is 1.92. The van der Waals surface area contributed by atoms with Crippen LogP contribution in [-0.4, -0.2) is 11.7 Å². The topological polar surface area (TPSA) is 53.2 Å². The van der Waals surface area contributed by atoms with Gasteiger partial charge in [-0.2, -0.15) is 5.26 Å². The van der Waals surface area contributed by atoms with Crippen molar-refractivity contribution in [2.24, 2.45) is 5.92 Å². The fourth-order valence-corrected chi connectivity index (χ4v) is 1.89. The quantitative estimate of drug-likeness (QED) is 0.795. The Morgan fingerprint density at radius 2 is 2.40 bits per heavy atom. The zero-order valence-corrected chi connectivity index (χ0v) is 8.74. The van der Waals surface area contributed by atoms with E-state index < -0.39 is 6.10 Å². The van der Waals surface area contributed by atoms with E-state index in [1.165, 1.54) is 0 Å². The van der Waals surface area contributed by atoms with E-state index in [-0.39, 0.29) is 12.3 Å². The van der Waals surface area contributed by atoms with E-state index in [4.69, 9.17) is 21.6 Å². The van der Waals surface area contributed by atoms with E-state index >= 15 is 0 Å². The molecule has 2 atom stereocenters. The first kappa shape index (κ1) is 10.3. The van der Waals surface area contributed by atoms with Gasteiger partial charge in [-0.3, -0.25) is 0 Å². The van der Waals surface area contributed by atoms with E-state index in [9.17, 15) is 5.11 Å². The van der Waals surface area contributed by atoms with Gasteiger partial charge in [0.15, 0.2) is 0 Å². The van der Waals surface area contributed by atoms with Crippen LogP contribution in [0.25, 0.3) is 0 Å². The Bertz CT molecular complexity index is 414. The van der Waals surface area contributed by atoms with Crippen molar-refractivity contribution in [3.8, 4) is 11.8 Å². The number of aliphatic hydroxyl groups excluding tert-OH is 1. The summed E-state index contributed by atoms with van der Waals surface area (Å²) in [5.74, 6) is 0.488. The molecule has 0 fully saturated rings. The van der Waals surface area contributed by atoms with Crippen LogP contribution < -0.4 is 4.74 Å². The molecule has 0 bridgehead atoms. The van der Waals surface area contributed by atoms with Gasteiger partial charge in [0.25, 0.3) is 0 Å². The molecule has 1 N–H and O–H groups in total. The Morgan fingerprint density at radius 3 is 3.13 bits per heavy atom. The van der Waals surface area contributed by atoms with Crippen LogP contribution in [0.3, 0.4) is 0 Å². The highest BCUT2D eigenvalue weighted by molar-refractivity contribution is 6.30. The summed E-state index contributed by atoms with van der Waals surface area (Å²) in [5.41, 5.74) is 0.675. The molecule has 0 aliphatic carbocycles. The molecule has 0 saturated heterocycles. The first-order valence-corrected chi connectivity index (χ1v) is 5.07. The number of halogens is 1. The Hall–Kier alpha value is -1.24. The molecule has 1 aromatic carbocycles. The van der Waals surface area contributed by atoms with Crippen LogP contribution >= 0.6 is 11.6 Å². The zero-order valence-electron chi connectivity index (χ0n) is 7.98. The lowest BCUT2D eigenvalue weighted by atomic mass is 9.91. The van der Waals surface area contributed by atoms with Crippen molar-refractivity contribution < 1.29 is 9.84 Å². The van der Waals surface area contributed by atoms with E-state index in [1.807, 2.05) is 6.07 Å². The second-order valence-corrected chi connectivity index (χ2v) is 4.00. The monoisotopic (exact) mass is 223 g/mol. The van der Waals surface area contributed by atoms with Gasteiger partial charge in [0, 0.05) is 22.9 Å². The maximum atomic E-state index is 9.99. The van der Waals surface area contributed by atoms with Crippen LogP contribution in [-0.2, 0) is 0 Å². The molecular formula is C11H10ClNO2. The first-order valence-electron chi connectivity index (χ1n) is 4.69. The number of hydrogen-bond donors (Lipinski definition) is 1. The number of benzene rings is 1. The van der Waals surface area contributed by atoms with Crippen molar-refractivity contribution in [3.63, 3.8) is 0 Å². The normalized spacial score (nSPS) is 23.8. The van der Waals surface area contributed by atoms with Gasteiger partial charge in [-0.25, -0.2) is 0 Å². The molecule has 0 unspecified atom stereocenters. The molecule has 1 aliphatic heterocycles. The number of nitrogens with zero attached hydrogens (tertiary/aromatic N) is 1. The highest BCUT2D eigenvalue weighted by atomic mass is 35.5. The highest BCUT2D eigenvalue weighted by Gasteiger charge is 2.29. The molecule has 0 aromatic heterocycles. The van der Waals surface area contributed by atoms with E-state index in [2.05, 4.69) is 0 Å². The minimum absolute atomic E-state index is 0.166. The van der Waals surface area contributed by atoms with Gasteiger partial charge in [-0.15, -0.1) is 0 Å². The van der Waals surface area contributed by atoms with Gasteiger partial charge in [0.2, 0.25) is 0 Å². The fraction of sp³-hybridized carbons (Fsp3) is 0.364. The van der Waals surface area contributed by atoms with Gasteiger partial charge in [-0.05, 0) is 18.2 Å². The molecule has 1 aromatic rings. The zero-order chi connectivity index (χ0) is 10.8. The van der Waals surface area contributed by atoms with Crippen LogP contribution in [0.5, 0.6) is 5.75 Å². The van der Waals surface area contributed by atoms with Crippen LogP contribution in [0, 0.1) is 17.2 Å². The Balaban J connectivity index is 2.32. The van der Waals surface area contributed by atoms with Crippen LogP contribution in [0.4, 0.5) is 0 Å². The van der Waals surface area contributed by atoms with Gasteiger partial charge >= 0.3 is 0 Å². The summed E-state index contributed by atoms with van der Waals surface area (Å²) in [6, 6.07) is 7.19. The summed E-state index contributed by atoms with van der Waals surface area (Å²) in [6.07, 6.45) is -0.375.